The van der Waals surface area contributed by atoms with E-state index in [1.807, 2.05) is 28.8 Å². The molecule has 2 fully saturated rings. The molecule has 2 saturated heterocycles. The second-order valence-electron chi connectivity index (χ2n) is 9.63. The topological polar surface area (TPSA) is 64.4 Å². The van der Waals surface area contributed by atoms with Gasteiger partial charge in [-0.1, -0.05) is 36.4 Å². The molecule has 3 aliphatic rings. The predicted molar refractivity (Wildman–Crippen MR) is 127 cm³/mol. The summed E-state index contributed by atoms with van der Waals surface area (Å²) in [6.45, 7) is 1.96. The molecule has 2 aromatic carbocycles. The minimum atomic E-state index is -0.633. The first-order valence-corrected chi connectivity index (χ1v) is 12.2. The van der Waals surface area contributed by atoms with Crippen LogP contribution in [0.1, 0.15) is 60.3 Å². The van der Waals surface area contributed by atoms with Crippen molar-refractivity contribution in [3.05, 3.63) is 75.7 Å². The van der Waals surface area contributed by atoms with E-state index in [0.29, 0.717) is 23.6 Å². The van der Waals surface area contributed by atoms with Gasteiger partial charge in [0, 0.05) is 24.2 Å². The first-order valence-electron chi connectivity index (χ1n) is 12.2. The van der Waals surface area contributed by atoms with Crippen molar-refractivity contribution in [3.63, 3.8) is 0 Å². The van der Waals surface area contributed by atoms with E-state index in [1.54, 1.807) is 6.92 Å². The van der Waals surface area contributed by atoms with E-state index in [-0.39, 0.29) is 23.9 Å². The Morgan fingerprint density at radius 1 is 0.939 bits per heavy atom. The Kier molecular flexibility index (Phi) is 5.06. The van der Waals surface area contributed by atoms with Crippen LogP contribution in [0.5, 0.6) is 0 Å². The van der Waals surface area contributed by atoms with E-state index in [0.717, 1.165) is 31.2 Å². The van der Waals surface area contributed by atoms with Crippen molar-refractivity contribution in [1.82, 2.24) is 14.5 Å². The molecule has 3 aromatic rings. The van der Waals surface area contributed by atoms with Crippen LogP contribution in [0.15, 0.2) is 53.3 Å². The molecule has 170 valence electrons. The molecule has 1 aromatic heterocycles. The van der Waals surface area contributed by atoms with Crippen LogP contribution < -0.4 is 5.56 Å². The number of esters is 1. The lowest BCUT2D eigenvalue weighted by Crippen LogP contribution is -2.50. The molecule has 0 saturated carbocycles. The predicted octanol–water partition coefficient (Wildman–Crippen LogP) is 3.91. The van der Waals surface area contributed by atoms with Gasteiger partial charge >= 0.3 is 5.97 Å². The van der Waals surface area contributed by atoms with Crippen LogP contribution in [0, 0.1) is 0 Å². The Morgan fingerprint density at radius 3 is 2.24 bits per heavy atom. The fourth-order valence-electron chi connectivity index (χ4n) is 6.59. The van der Waals surface area contributed by atoms with Crippen LogP contribution in [0.25, 0.3) is 11.0 Å². The Hall–Kier alpha value is -2.99. The number of carbonyl (C=O) groups is 1. The summed E-state index contributed by atoms with van der Waals surface area (Å²) >= 11 is 0. The van der Waals surface area contributed by atoms with Gasteiger partial charge in [-0.15, -0.1) is 0 Å². The van der Waals surface area contributed by atoms with Gasteiger partial charge in [-0.2, -0.15) is 0 Å². The number of aromatic nitrogens is 2. The van der Waals surface area contributed by atoms with Gasteiger partial charge in [0.1, 0.15) is 0 Å². The zero-order chi connectivity index (χ0) is 22.5. The molecule has 33 heavy (non-hydrogen) atoms. The standard InChI is InChI=1S/C27H29N3O3/c1-2-33-27(32)25-26(31)30(24-10-6-5-9-23(24)28-25)22-15-19-11-12-20(16-22)29(19)21-13-17-7-3-4-8-18(17)14-21/h3-10,19-22H,2,11-16H2,1H3. The van der Waals surface area contributed by atoms with Gasteiger partial charge in [0.05, 0.1) is 17.6 Å². The first-order chi connectivity index (χ1) is 16.1. The van der Waals surface area contributed by atoms with Gasteiger partial charge in [-0.05, 0) is 68.7 Å². The summed E-state index contributed by atoms with van der Waals surface area (Å²) in [7, 11) is 0. The second-order valence-corrected chi connectivity index (χ2v) is 9.63. The van der Waals surface area contributed by atoms with E-state index < -0.39 is 5.97 Å². The summed E-state index contributed by atoms with van der Waals surface area (Å²) < 4.78 is 6.99. The number of ether oxygens (including phenoxy) is 1. The van der Waals surface area contributed by atoms with Crippen LogP contribution in [-0.2, 0) is 17.6 Å². The summed E-state index contributed by atoms with van der Waals surface area (Å²) in [6.07, 6.45) is 6.46. The van der Waals surface area contributed by atoms with E-state index in [1.165, 1.54) is 24.0 Å². The van der Waals surface area contributed by atoms with E-state index in [2.05, 4.69) is 34.1 Å². The Balaban J connectivity index is 1.34. The maximum Gasteiger partial charge on any atom is 0.362 e. The summed E-state index contributed by atoms with van der Waals surface area (Å²) in [4.78, 5) is 33.2. The third kappa shape index (κ3) is 3.39. The Morgan fingerprint density at radius 2 is 1.58 bits per heavy atom. The highest BCUT2D eigenvalue weighted by atomic mass is 16.5. The lowest BCUT2D eigenvalue weighted by molar-refractivity contribution is 0.0513. The lowest BCUT2D eigenvalue weighted by Gasteiger charge is -2.43. The average Bonchev–Trinajstić information content (AvgIpc) is 3.36. The molecular weight excluding hydrogens is 414 g/mol. The maximum atomic E-state index is 13.5. The van der Waals surface area contributed by atoms with Crippen LogP contribution in [0.2, 0.25) is 0 Å². The molecule has 2 unspecified atom stereocenters. The van der Waals surface area contributed by atoms with Crippen molar-refractivity contribution in [3.8, 4) is 0 Å². The monoisotopic (exact) mass is 443 g/mol. The Labute approximate surface area is 193 Å². The average molecular weight is 444 g/mol. The lowest BCUT2D eigenvalue weighted by atomic mass is 9.94. The number of benzene rings is 2. The number of hydrogen-bond acceptors (Lipinski definition) is 5. The number of fused-ring (bicyclic) bond motifs is 4. The normalized spacial score (nSPS) is 24.8. The van der Waals surface area contributed by atoms with Crippen molar-refractivity contribution in [2.75, 3.05) is 6.61 Å². The van der Waals surface area contributed by atoms with Crippen molar-refractivity contribution < 1.29 is 9.53 Å². The van der Waals surface area contributed by atoms with E-state index in [4.69, 9.17) is 4.74 Å². The molecule has 2 aliphatic heterocycles. The first kappa shape index (κ1) is 20.6. The minimum absolute atomic E-state index is 0.0658. The van der Waals surface area contributed by atoms with Crippen molar-refractivity contribution in [1.29, 1.82) is 0 Å². The molecule has 1 aliphatic carbocycles. The quantitative estimate of drug-likeness (QED) is 0.572. The minimum Gasteiger partial charge on any atom is -0.461 e. The summed E-state index contributed by atoms with van der Waals surface area (Å²) in [6, 6.07) is 18.0. The van der Waals surface area contributed by atoms with Gasteiger partial charge in [0.25, 0.3) is 5.56 Å². The highest BCUT2D eigenvalue weighted by Gasteiger charge is 2.46. The molecule has 2 atom stereocenters. The number of nitrogens with zero attached hydrogens (tertiary/aromatic N) is 3. The fraction of sp³-hybridized carbons (Fsp3) is 0.444. The number of para-hydroxylation sites is 2. The molecule has 2 bridgehead atoms. The van der Waals surface area contributed by atoms with Gasteiger partial charge in [0.2, 0.25) is 5.69 Å². The number of hydrogen-bond donors (Lipinski definition) is 0. The van der Waals surface area contributed by atoms with E-state index in [9.17, 15) is 9.59 Å². The third-order valence-corrected chi connectivity index (χ3v) is 7.84. The van der Waals surface area contributed by atoms with Gasteiger partial charge < -0.3 is 9.30 Å². The molecule has 6 rings (SSSR count). The van der Waals surface area contributed by atoms with Crippen molar-refractivity contribution in [2.24, 2.45) is 0 Å². The van der Waals surface area contributed by atoms with Crippen molar-refractivity contribution >= 4 is 17.0 Å². The van der Waals surface area contributed by atoms with Crippen LogP contribution >= 0.6 is 0 Å². The smallest absolute Gasteiger partial charge is 0.362 e. The largest absolute Gasteiger partial charge is 0.461 e. The number of carbonyl (C=O) groups excluding carboxylic acids is 1. The highest BCUT2D eigenvalue weighted by molar-refractivity contribution is 5.89. The second kappa shape index (κ2) is 8.10. The van der Waals surface area contributed by atoms with Crippen LogP contribution in [0.4, 0.5) is 0 Å². The molecular formula is C27H29N3O3. The van der Waals surface area contributed by atoms with Crippen LogP contribution in [0.3, 0.4) is 0 Å². The Bertz CT molecular complexity index is 1240. The van der Waals surface area contributed by atoms with Gasteiger partial charge in [-0.25, -0.2) is 9.78 Å². The molecule has 0 radical (unpaired) electrons. The number of rotatable bonds is 4. The molecule has 6 nitrogen and oxygen atoms in total. The van der Waals surface area contributed by atoms with E-state index >= 15 is 0 Å². The summed E-state index contributed by atoms with van der Waals surface area (Å²) in [5.74, 6) is -0.633. The molecule has 0 amide bonds. The maximum absolute atomic E-state index is 13.5. The van der Waals surface area contributed by atoms with Crippen LogP contribution in [-0.4, -0.2) is 45.2 Å². The highest BCUT2D eigenvalue weighted by Crippen LogP contribution is 2.44. The molecule has 0 N–H and O–H groups in total. The van der Waals surface area contributed by atoms with Crippen molar-refractivity contribution in [2.45, 2.75) is 69.6 Å². The zero-order valence-corrected chi connectivity index (χ0v) is 18.9. The third-order valence-electron chi connectivity index (χ3n) is 7.84. The number of piperidine rings is 1. The molecule has 3 heterocycles. The summed E-state index contributed by atoms with van der Waals surface area (Å²) in [5, 5.41) is 0. The fourth-order valence-corrected chi connectivity index (χ4v) is 6.59. The van der Waals surface area contributed by atoms with Gasteiger partial charge in [0.15, 0.2) is 0 Å². The molecule has 0 spiro atoms. The summed E-state index contributed by atoms with van der Waals surface area (Å²) in [5.41, 5.74) is 4.02. The zero-order valence-electron chi connectivity index (χ0n) is 18.9. The van der Waals surface area contributed by atoms with Gasteiger partial charge in [-0.3, -0.25) is 9.69 Å². The molecule has 6 heteroatoms. The SMILES string of the molecule is CCOC(=O)c1nc2ccccc2n(C2CC3CCC(C2)N3C2Cc3ccccc3C2)c1=O.